The molecule has 0 aliphatic carbocycles. The highest BCUT2D eigenvalue weighted by Crippen LogP contribution is 2.32. The molecule has 1 fully saturated rings. The number of hydrogen-bond acceptors (Lipinski definition) is 6. The number of amides is 3. The summed E-state index contributed by atoms with van der Waals surface area (Å²) in [5.41, 5.74) is 5.66. The SMILES string of the molecule is NC(=O)C1CCN(c2nc3c(c(=O)[nH]2)[C@@H](C(=O)Nc2cccc4ccccc24)CC(=O)N3)CC1. The van der Waals surface area contributed by atoms with Gasteiger partial charge in [-0.3, -0.25) is 24.2 Å². The lowest BCUT2D eigenvalue weighted by Gasteiger charge is -2.32. The minimum Gasteiger partial charge on any atom is -0.369 e. The summed E-state index contributed by atoms with van der Waals surface area (Å²) in [5.74, 6) is -1.97. The van der Waals surface area contributed by atoms with Gasteiger partial charge >= 0.3 is 0 Å². The lowest BCUT2D eigenvalue weighted by Crippen LogP contribution is -2.41. The van der Waals surface area contributed by atoms with Crippen LogP contribution in [-0.4, -0.2) is 40.8 Å². The number of rotatable bonds is 4. The van der Waals surface area contributed by atoms with E-state index in [1.165, 1.54) is 0 Å². The Hall–Kier alpha value is -4.21. The quantitative estimate of drug-likeness (QED) is 0.465. The Bertz CT molecular complexity index is 1350. The first kappa shape index (κ1) is 21.6. The summed E-state index contributed by atoms with van der Waals surface area (Å²) in [4.78, 5) is 59.2. The number of piperidine rings is 1. The van der Waals surface area contributed by atoms with Crippen molar-refractivity contribution in [2.75, 3.05) is 28.6 Å². The monoisotopic (exact) mass is 460 g/mol. The third-order valence-electron chi connectivity index (χ3n) is 6.50. The topological polar surface area (TPSA) is 150 Å². The third kappa shape index (κ3) is 3.98. The van der Waals surface area contributed by atoms with Crippen LogP contribution in [0.1, 0.15) is 30.7 Å². The van der Waals surface area contributed by atoms with Crippen molar-refractivity contribution in [3.8, 4) is 0 Å². The highest BCUT2D eigenvalue weighted by atomic mass is 16.2. The zero-order chi connectivity index (χ0) is 23.8. The van der Waals surface area contributed by atoms with Crippen LogP contribution in [-0.2, 0) is 14.4 Å². The predicted octanol–water partition coefficient (Wildman–Crippen LogP) is 1.69. The van der Waals surface area contributed by atoms with Gasteiger partial charge in [0.05, 0.1) is 11.5 Å². The average Bonchev–Trinajstić information content (AvgIpc) is 2.83. The van der Waals surface area contributed by atoms with Gasteiger partial charge in [0.15, 0.2) is 0 Å². The molecule has 1 saturated heterocycles. The van der Waals surface area contributed by atoms with Crippen molar-refractivity contribution in [3.63, 3.8) is 0 Å². The molecular weight excluding hydrogens is 436 g/mol. The number of fused-ring (bicyclic) bond motifs is 2. The average molecular weight is 460 g/mol. The Morgan fingerprint density at radius 1 is 1.06 bits per heavy atom. The summed E-state index contributed by atoms with van der Waals surface area (Å²) < 4.78 is 0. The van der Waals surface area contributed by atoms with Crippen LogP contribution < -0.4 is 26.8 Å². The fourth-order valence-corrected chi connectivity index (χ4v) is 4.66. The zero-order valence-corrected chi connectivity index (χ0v) is 18.3. The molecule has 174 valence electrons. The number of benzene rings is 2. The minimum absolute atomic E-state index is 0.0881. The number of primary amides is 1. The van der Waals surface area contributed by atoms with Gasteiger partial charge < -0.3 is 21.3 Å². The van der Waals surface area contributed by atoms with Crippen LogP contribution in [0.2, 0.25) is 0 Å². The molecule has 0 unspecified atom stereocenters. The van der Waals surface area contributed by atoms with Crippen LogP contribution in [0.3, 0.4) is 0 Å². The molecule has 2 aliphatic heterocycles. The number of carbonyl (C=O) groups excluding carboxylic acids is 3. The largest absolute Gasteiger partial charge is 0.369 e. The van der Waals surface area contributed by atoms with Crippen LogP contribution in [0.5, 0.6) is 0 Å². The van der Waals surface area contributed by atoms with Crippen molar-refractivity contribution in [1.82, 2.24) is 9.97 Å². The van der Waals surface area contributed by atoms with E-state index in [-0.39, 0.29) is 35.5 Å². The highest BCUT2D eigenvalue weighted by Gasteiger charge is 2.35. The number of anilines is 3. The molecule has 10 nitrogen and oxygen atoms in total. The Balaban J connectivity index is 1.43. The first-order valence-electron chi connectivity index (χ1n) is 11.2. The molecule has 2 aromatic carbocycles. The molecule has 0 radical (unpaired) electrons. The molecule has 1 aromatic heterocycles. The second kappa shape index (κ2) is 8.62. The van der Waals surface area contributed by atoms with E-state index in [4.69, 9.17) is 5.73 Å². The van der Waals surface area contributed by atoms with Crippen LogP contribution in [0.15, 0.2) is 47.3 Å². The Kier molecular flexibility index (Phi) is 5.48. The molecule has 5 N–H and O–H groups in total. The maximum absolute atomic E-state index is 13.2. The van der Waals surface area contributed by atoms with E-state index in [1.807, 2.05) is 41.3 Å². The molecule has 3 heterocycles. The van der Waals surface area contributed by atoms with Gasteiger partial charge in [0, 0.05) is 36.5 Å². The summed E-state index contributed by atoms with van der Waals surface area (Å²) in [6.45, 7) is 0.989. The van der Waals surface area contributed by atoms with Gasteiger partial charge in [-0.15, -0.1) is 0 Å². The van der Waals surface area contributed by atoms with Gasteiger partial charge in [0.1, 0.15) is 5.82 Å². The van der Waals surface area contributed by atoms with E-state index < -0.39 is 17.4 Å². The number of carbonyl (C=O) groups is 3. The van der Waals surface area contributed by atoms with Gasteiger partial charge in [-0.05, 0) is 24.3 Å². The maximum atomic E-state index is 13.2. The van der Waals surface area contributed by atoms with E-state index in [0.29, 0.717) is 37.6 Å². The normalized spacial score (nSPS) is 18.3. The minimum atomic E-state index is -0.978. The molecule has 3 amide bonds. The van der Waals surface area contributed by atoms with Gasteiger partial charge in [-0.25, -0.2) is 0 Å². The fraction of sp³-hybridized carbons (Fsp3) is 0.292. The molecule has 1 atom stereocenters. The molecule has 0 saturated carbocycles. The molecule has 3 aromatic rings. The van der Waals surface area contributed by atoms with E-state index >= 15 is 0 Å². The Morgan fingerprint density at radius 3 is 2.56 bits per heavy atom. The van der Waals surface area contributed by atoms with Crippen molar-refractivity contribution in [3.05, 3.63) is 58.4 Å². The second-order valence-electron chi connectivity index (χ2n) is 8.64. The van der Waals surface area contributed by atoms with E-state index in [0.717, 1.165) is 10.8 Å². The summed E-state index contributed by atoms with van der Waals surface area (Å²) in [6, 6.07) is 13.2. The van der Waals surface area contributed by atoms with Gasteiger partial charge in [0.25, 0.3) is 5.56 Å². The van der Waals surface area contributed by atoms with Crippen LogP contribution in [0, 0.1) is 5.92 Å². The highest BCUT2D eigenvalue weighted by molar-refractivity contribution is 6.08. The fourth-order valence-electron chi connectivity index (χ4n) is 4.66. The number of nitrogens with two attached hydrogens (primary N) is 1. The Labute approximate surface area is 194 Å². The van der Waals surface area contributed by atoms with Crippen LogP contribution in [0.4, 0.5) is 17.5 Å². The Morgan fingerprint density at radius 2 is 1.79 bits per heavy atom. The maximum Gasteiger partial charge on any atom is 0.258 e. The standard InChI is InChI=1S/C24H24N6O4/c25-20(32)14-8-10-30(11-9-14)24-28-21-19(23(34)29-24)16(12-18(31)27-21)22(33)26-17-7-3-5-13-4-1-2-6-15(13)17/h1-7,14,16H,8-12H2,(H2,25,32)(H,26,33)(H2,27,28,29,31,34)/t16-/m0/s1. The zero-order valence-electron chi connectivity index (χ0n) is 18.3. The number of nitrogens with one attached hydrogen (secondary N) is 3. The third-order valence-corrected chi connectivity index (χ3v) is 6.50. The number of nitrogens with zero attached hydrogens (tertiary/aromatic N) is 2. The van der Waals surface area contributed by atoms with E-state index in [1.54, 1.807) is 6.07 Å². The van der Waals surface area contributed by atoms with E-state index in [2.05, 4.69) is 20.6 Å². The number of H-pyrrole nitrogens is 1. The first-order valence-corrected chi connectivity index (χ1v) is 11.2. The molecule has 0 bridgehead atoms. The molecular formula is C24H24N6O4. The van der Waals surface area contributed by atoms with Gasteiger partial charge in [-0.2, -0.15) is 4.98 Å². The molecule has 10 heteroatoms. The lowest BCUT2D eigenvalue weighted by molar-refractivity contribution is -0.123. The molecule has 5 rings (SSSR count). The number of hydrogen-bond donors (Lipinski definition) is 4. The van der Waals surface area contributed by atoms with Crippen molar-refractivity contribution in [2.24, 2.45) is 11.7 Å². The first-order chi connectivity index (χ1) is 16.4. The number of aromatic nitrogens is 2. The van der Waals surface area contributed by atoms with Crippen molar-refractivity contribution >= 4 is 45.9 Å². The van der Waals surface area contributed by atoms with Gasteiger partial charge in [-0.1, -0.05) is 36.4 Å². The summed E-state index contributed by atoms with van der Waals surface area (Å²) in [5, 5.41) is 7.34. The predicted molar refractivity (Wildman–Crippen MR) is 128 cm³/mol. The molecule has 34 heavy (non-hydrogen) atoms. The van der Waals surface area contributed by atoms with E-state index in [9.17, 15) is 19.2 Å². The molecule has 0 spiro atoms. The van der Waals surface area contributed by atoms with Crippen molar-refractivity contribution in [1.29, 1.82) is 0 Å². The molecule has 2 aliphatic rings. The summed E-state index contributed by atoms with van der Waals surface area (Å²) >= 11 is 0. The second-order valence-corrected chi connectivity index (χ2v) is 8.64. The van der Waals surface area contributed by atoms with Crippen molar-refractivity contribution in [2.45, 2.75) is 25.2 Å². The van der Waals surface area contributed by atoms with Crippen LogP contribution in [0.25, 0.3) is 10.8 Å². The summed E-state index contributed by atoms with van der Waals surface area (Å²) in [6.07, 6.45) is 0.953. The summed E-state index contributed by atoms with van der Waals surface area (Å²) in [7, 11) is 0. The number of aromatic amines is 1. The lowest BCUT2D eigenvalue weighted by atomic mass is 9.92. The van der Waals surface area contributed by atoms with Crippen LogP contribution >= 0.6 is 0 Å². The van der Waals surface area contributed by atoms with Crippen molar-refractivity contribution < 1.29 is 14.4 Å². The van der Waals surface area contributed by atoms with Gasteiger partial charge in [0.2, 0.25) is 23.7 Å². The smallest absolute Gasteiger partial charge is 0.258 e.